The molecule has 2 heterocycles. The number of benzene rings is 1. The first-order valence-corrected chi connectivity index (χ1v) is 10.1. The van der Waals surface area contributed by atoms with Gasteiger partial charge in [-0.25, -0.2) is 4.98 Å². The van der Waals surface area contributed by atoms with Gasteiger partial charge in [-0.2, -0.15) is 0 Å². The van der Waals surface area contributed by atoms with Gasteiger partial charge in [0.2, 0.25) is 5.91 Å². The van der Waals surface area contributed by atoms with Crippen LogP contribution in [0, 0.1) is 12.8 Å². The van der Waals surface area contributed by atoms with E-state index in [1.54, 1.807) is 7.11 Å². The number of amides is 1. The van der Waals surface area contributed by atoms with Crippen LogP contribution in [-0.4, -0.2) is 22.4 Å². The molecule has 1 fully saturated rings. The Hall–Kier alpha value is -2.82. The van der Waals surface area contributed by atoms with Crippen LogP contribution in [0.25, 0.3) is 16.9 Å². The van der Waals surface area contributed by atoms with Crippen molar-refractivity contribution in [3.05, 3.63) is 48.3 Å². The molecule has 1 aliphatic carbocycles. The molecule has 4 rings (SSSR count). The van der Waals surface area contributed by atoms with Crippen LogP contribution < -0.4 is 10.1 Å². The molecule has 1 amide bonds. The summed E-state index contributed by atoms with van der Waals surface area (Å²) in [6.07, 6.45) is 8.77. The van der Waals surface area contributed by atoms with Crippen molar-refractivity contribution in [1.82, 2.24) is 9.38 Å². The minimum atomic E-state index is 0.111. The van der Waals surface area contributed by atoms with E-state index < -0.39 is 0 Å². The van der Waals surface area contributed by atoms with Crippen LogP contribution in [0.4, 0.5) is 5.69 Å². The van der Waals surface area contributed by atoms with Gasteiger partial charge in [-0.1, -0.05) is 19.3 Å². The van der Waals surface area contributed by atoms with E-state index in [4.69, 9.17) is 9.72 Å². The van der Waals surface area contributed by atoms with Crippen LogP contribution in [-0.2, 0) is 4.79 Å². The van der Waals surface area contributed by atoms with Gasteiger partial charge < -0.3 is 14.5 Å². The molecule has 146 valence electrons. The number of aryl methyl sites for hydroxylation is 1. The molecule has 28 heavy (non-hydrogen) atoms. The summed E-state index contributed by atoms with van der Waals surface area (Å²) in [7, 11) is 1.66. The molecule has 5 heteroatoms. The summed E-state index contributed by atoms with van der Waals surface area (Å²) < 4.78 is 7.27. The average Bonchev–Trinajstić information content (AvgIpc) is 3.05. The number of carbonyl (C=O) groups is 1. The van der Waals surface area contributed by atoms with Crippen LogP contribution in [0.15, 0.2) is 42.6 Å². The third-order valence-electron chi connectivity index (χ3n) is 5.70. The molecule has 1 aromatic carbocycles. The maximum atomic E-state index is 12.4. The molecule has 0 spiro atoms. The fourth-order valence-corrected chi connectivity index (χ4v) is 4.12. The second kappa shape index (κ2) is 8.05. The number of carbonyl (C=O) groups excluding carboxylic acids is 1. The molecule has 1 saturated carbocycles. The molecular formula is C23H27N3O2. The summed E-state index contributed by atoms with van der Waals surface area (Å²) >= 11 is 0. The molecule has 0 radical (unpaired) electrons. The number of pyridine rings is 1. The zero-order valence-electron chi connectivity index (χ0n) is 16.6. The first-order valence-electron chi connectivity index (χ1n) is 10.1. The van der Waals surface area contributed by atoms with Gasteiger partial charge in [-0.15, -0.1) is 0 Å². The van der Waals surface area contributed by atoms with E-state index in [9.17, 15) is 4.79 Å². The van der Waals surface area contributed by atoms with Crippen molar-refractivity contribution >= 4 is 17.2 Å². The van der Waals surface area contributed by atoms with Crippen molar-refractivity contribution in [2.45, 2.75) is 45.4 Å². The van der Waals surface area contributed by atoms with Crippen LogP contribution in [0.3, 0.4) is 0 Å². The number of aromatic nitrogens is 2. The minimum absolute atomic E-state index is 0.111. The number of nitrogens with one attached hydrogen (secondary N) is 1. The Bertz CT molecular complexity index is 969. The number of fused-ring (bicyclic) bond motifs is 1. The second-order valence-corrected chi connectivity index (χ2v) is 7.68. The highest BCUT2D eigenvalue weighted by molar-refractivity contribution is 5.91. The van der Waals surface area contributed by atoms with E-state index in [0.29, 0.717) is 12.3 Å². The predicted molar refractivity (Wildman–Crippen MR) is 112 cm³/mol. The second-order valence-electron chi connectivity index (χ2n) is 7.68. The molecule has 1 N–H and O–H groups in total. The molecule has 2 aromatic heterocycles. The van der Waals surface area contributed by atoms with E-state index in [0.717, 1.165) is 34.0 Å². The SMILES string of the molecule is COc1ccc(-c2nc3ccc(NC(=O)CC4CCCCC4)cn3c2C)cc1. The Morgan fingerprint density at radius 1 is 1.14 bits per heavy atom. The Morgan fingerprint density at radius 3 is 2.61 bits per heavy atom. The van der Waals surface area contributed by atoms with Gasteiger partial charge in [-0.3, -0.25) is 4.79 Å². The van der Waals surface area contributed by atoms with Crippen LogP contribution in [0.5, 0.6) is 5.75 Å². The van der Waals surface area contributed by atoms with E-state index in [1.807, 2.05) is 53.9 Å². The lowest BCUT2D eigenvalue weighted by Crippen LogP contribution is -2.18. The Morgan fingerprint density at radius 2 is 1.89 bits per heavy atom. The van der Waals surface area contributed by atoms with Crippen LogP contribution in [0.1, 0.15) is 44.2 Å². The summed E-state index contributed by atoms with van der Waals surface area (Å²) in [5.74, 6) is 1.47. The monoisotopic (exact) mass is 377 g/mol. The van der Waals surface area contributed by atoms with Crippen LogP contribution in [0.2, 0.25) is 0 Å². The highest BCUT2D eigenvalue weighted by Crippen LogP contribution is 2.28. The zero-order valence-corrected chi connectivity index (χ0v) is 16.6. The molecule has 0 bridgehead atoms. The molecular weight excluding hydrogens is 350 g/mol. The topological polar surface area (TPSA) is 55.6 Å². The molecule has 0 unspecified atom stereocenters. The third-order valence-corrected chi connectivity index (χ3v) is 5.70. The number of hydrogen-bond donors (Lipinski definition) is 1. The van der Waals surface area contributed by atoms with Crippen molar-refractivity contribution < 1.29 is 9.53 Å². The number of imidazole rings is 1. The Labute approximate surface area is 165 Å². The number of hydrogen-bond acceptors (Lipinski definition) is 3. The summed E-state index contributed by atoms with van der Waals surface area (Å²) in [5.41, 5.74) is 4.71. The Balaban J connectivity index is 1.53. The molecule has 1 aliphatic rings. The number of methoxy groups -OCH3 is 1. The first-order chi connectivity index (χ1) is 13.6. The van der Waals surface area contributed by atoms with Gasteiger partial charge >= 0.3 is 0 Å². The standard InChI is InChI=1S/C23H27N3O2/c1-16-23(18-8-11-20(28-2)12-9-18)25-21-13-10-19(15-26(16)21)24-22(27)14-17-6-4-3-5-7-17/h8-13,15,17H,3-7,14H2,1-2H3,(H,24,27). The van der Waals surface area contributed by atoms with Gasteiger partial charge in [0.25, 0.3) is 0 Å². The average molecular weight is 377 g/mol. The van der Waals surface area contributed by atoms with E-state index in [-0.39, 0.29) is 5.91 Å². The van der Waals surface area contributed by atoms with Gasteiger partial charge in [0.15, 0.2) is 0 Å². The quantitative estimate of drug-likeness (QED) is 0.662. The summed E-state index contributed by atoms with van der Waals surface area (Å²) in [4.78, 5) is 17.2. The molecule has 3 aromatic rings. The van der Waals surface area contributed by atoms with Gasteiger partial charge in [0.1, 0.15) is 11.4 Å². The fourth-order valence-electron chi connectivity index (χ4n) is 4.12. The predicted octanol–water partition coefficient (Wildman–Crippen LogP) is 5.23. The number of rotatable bonds is 5. The number of nitrogens with zero attached hydrogens (tertiary/aromatic N) is 2. The van der Waals surface area contributed by atoms with Crippen LogP contribution >= 0.6 is 0 Å². The third kappa shape index (κ3) is 3.88. The summed E-state index contributed by atoms with van der Waals surface area (Å²) in [6.45, 7) is 2.05. The lowest BCUT2D eigenvalue weighted by Gasteiger charge is -2.20. The fraction of sp³-hybridized carbons (Fsp3) is 0.391. The number of anilines is 1. The molecule has 0 aliphatic heterocycles. The lowest BCUT2D eigenvalue weighted by molar-refractivity contribution is -0.117. The van der Waals surface area contributed by atoms with Crippen molar-refractivity contribution in [3.8, 4) is 17.0 Å². The minimum Gasteiger partial charge on any atom is -0.497 e. The maximum Gasteiger partial charge on any atom is 0.224 e. The molecule has 5 nitrogen and oxygen atoms in total. The largest absolute Gasteiger partial charge is 0.497 e. The highest BCUT2D eigenvalue weighted by atomic mass is 16.5. The lowest BCUT2D eigenvalue weighted by atomic mass is 9.87. The molecule has 0 atom stereocenters. The van der Waals surface area contributed by atoms with E-state index in [1.165, 1.54) is 32.1 Å². The van der Waals surface area contributed by atoms with Gasteiger partial charge in [0.05, 0.1) is 18.5 Å². The number of ether oxygens (including phenoxy) is 1. The highest BCUT2D eigenvalue weighted by Gasteiger charge is 2.17. The van der Waals surface area contributed by atoms with E-state index in [2.05, 4.69) is 5.32 Å². The smallest absolute Gasteiger partial charge is 0.224 e. The van der Waals surface area contributed by atoms with E-state index >= 15 is 0 Å². The van der Waals surface area contributed by atoms with Crippen molar-refractivity contribution in [2.24, 2.45) is 5.92 Å². The van der Waals surface area contributed by atoms with Gasteiger partial charge in [-0.05, 0) is 62.1 Å². The zero-order chi connectivity index (χ0) is 19.5. The maximum absolute atomic E-state index is 12.4. The van der Waals surface area contributed by atoms with Crippen molar-refractivity contribution in [1.29, 1.82) is 0 Å². The summed E-state index contributed by atoms with van der Waals surface area (Å²) in [6, 6.07) is 11.8. The molecule has 0 saturated heterocycles. The van der Waals surface area contributed by atoms with Crippen molar-refractivity contribution in [2.75, 3.05) is 12.4 Å². The van der Waals surface area contributed by atoms with Crippen molar-refractivity contribution in [3.63, 3.8) is 0 Å². The first kappa shape index (κ1) is 18.5. The Kier molecular flexibility index (Phi) is 5.33. The summed E-state index contributed by atoms with van der Waals surface area (Å²) in [5, 5.41) is 3.07. The van der Waals surface area contributed by atoms with Gasteiger partial charge in [0, 0.05) is 23.9 Å². The normalized spacial score (nSPS) is 14.9.